The molecule has 0 rings (SSSR count). The van der Waals surface area contributed by atoms with Crippen LogP contribution in [0.3, 0.4) is 0 Å². The molecule has 32 valence electrons. The van der Waals surface area contributed by atoms with E-state index in [2.05, 4.69) is 0 Å². The van der Waals surface area contributed by atoms with Gasteiger partial charge in [0.05, 0.1) is 0 Å². The quantitative estimate of drug-likeness (QED) is 0.468. The first-order valence-corrected chi connectivity index (χ1v) is 4.24. The molecule has 0 aliphatic carbocycles. The Morgan fingerprint density at radius 1 is 0.667 bits per heavy atom. The Morgan fingerprint density at radius 3 is 0.667 bits per heavy atom. The van der Waals surface area contributed by atoms with Gasteiger partial charge in [-0.05, 0) is 0 Å². The van der Waals surface area contributed by atoms with E-state index in [1.807, 2.05) is 0 Å². The molecule has 0 saturated carbocycles. The summed E-state index contributed by atoms with van der Waals surface area (Å²) in [6.45, 7) is 0. The number of hydrogen-bond donors (Lipinski definition) is 0. The van der Waals surface area contributed by atoms with Gasteiger partial charge in [-0.25, -0.2) is 0 Å². The Labute approximate surface area is 46.1 Å². The van der Waals surface area contributed by atoms with Gasteiger partial charge in [-0.3, -0.25) is 0 Å². The van der Waals surface area contributed by atoms with Crippen LogP contribution in [0.15, 0.2) is 0 Å². The van der Waals surface area contributed by atoms with Crippen molar-refractivity contribution in [2.24, 2.45) is 0 Å². The Hall–Kier alpha value is 0.286. The minimum atomic E-state index is -2.00. The van der Waals surface area contributed by atoms with Gasteiger partial charge in [0.15, 0.2) is 0 Å². The molecule has 0 fully saturated rings. The fourth-order valence-electron chi connectivity index (χ4n) is 0. The zero-order valence-corrected chi connectivity index (χ0v) is 6.83. The van der Waals surface area contributed by atoms with Crippen LogP contribution < -0.4 is 0 Å². The normalized spacial score (nSPS) is 2.67. The van der Waals surface area contributed by atoms with Crippen molar-refractivity contribution in [3.05, 3.63) is 0 Å². The van der Waals surface area contributed by atoms with Crippen molar-refractivity contribution in [1.29, 1.82) is 0 Å². The number of rotatable bonds is 0. The third kappa shape index (κ3) is 567. The van der Waals surface area contributed by atoms with Crippen LogP contribution in [0.5, 0.6) is 0 Å². The van der Waals surface area contributed by atoms with Gasteiger partial charge in [0, 0.05) is 0 Å². The first-order valence-electron chi connectivity index (χ1n) is 0.816. The van der Waals surface area contributed by atoms with E-state index in [0.29, 0.717) is 0 Å². The molecule has 0 aliphatic heterocycles. The number of hydrogen-bond acceptors (Lipinski definition) is 4. The SMILES string of the molecule is [O]=[Ge]=[O].[O]=[Ge]=[O]. The molecule has 6 heavy (non-hydrogen) atoms. The molecule has 0 bridgehead atoms. The average molecular weight is 209 g/mol. The van der Waals surface area contributed by atoms with E-state index in [-0.39, 0.29) is 0 Å². The molecule has 0 radical (unpaired) electrons. The molecule has 0 N–H and O–H groups in total. The summed E-state index contributed by atoms with van der Waals surface area (Å²) in [5, 5.41) is 0. The maximum absolute atomic E-state index is 8.50. The summed E-state index contributed by atoms with van der Waals surface area (Å²) in [5.74, 6) is 0. The third-order valence-electron chi connectivity index (χ3n) is 0. The molecule has 0 saturated heterocycles. The van der Waals surface area contributed by atoms with E-state index >= 15 is 0 Å². The van der Waals surface area contributed by atoms with Crippen molar-refractivity contribution >= 4 is 30.6 Å². The summed E-state index contributed by atoms with van der Waals surface area (Å²) in [6, 6.07) is 0. The average Bonchev–Trinajstić information content (AvgIpc) is 1.39. The molecule has 0 amide bonds. The van der Waals surface area contributed by atoms with Gasteiger partial charge in [0.1, 0.15) is 0 Å². The van der Waals surface area contributed by atoms with Crippen LogP contribution in [0.25, 0.3) is 0 Å². The minimum absolute atomic E-state index is 2.00. The van der Waals surface area contributed by atoms with Gasteiger partial charge in [0.2, 0.25) is 0 Å². The molecule has 0 aliphatic rings. The molecule has 0 atom stereocenters. The van der Waals surface area contributed by atoms with Gasteiger partial charge in [0.25, 0.3) is 0 Å². The molecule has 6 heteroatoms. The Morgan fingerprint density at radius 2 is 0.667 bits per heavy atom. The Bertz CT molecular complexity index is 59.5. The van der Waals surface area contributed by atoms with Crippen LogP contribution in [0, 0.1) is 0 Å². The van der Waals surface area contributed by atoms with Gasteiger partial charge in [-0.2, -0.15) is 0 Å². The third-order valence-corrected chi connectivity index (χ3v) is 0. The molecule has 0 unspecified atom stereocenters. The zero-order valence-electron chi connectivity index (χ0n) is 2.63. The Balaban J connectivity index is 0. The Kier molecular flexibility index (Phi) is 29.6. The van der Waals surface area contributed by atoms with E-state index in [0.717, 1.165) is 0 Å². The molecular formula is Ge2O4. The van der Waals surface area contributed by atoms with Gasteiger partial charge >= 0.3 is 45.7 Å². The van der Waals surface area contributed by atoms with Crippen molar-refractivity contribution < 1.29 is 15.1 Å². The summed E-state index contributed by atoms with van der Waals surface area (Å²) < 4.78 is 34.0. The molecular weight excluding hydrogens is 209 g/mol. The monoisotopic (exact) mass is 212 g/mol. The standard InChI is InChI=1S/2GeO2/c2*2-1-3. The van der Waals surface area contributed by atoms with Crippen molar-refractivity contribution in [2.75, 3.05) is 0 Å². The van der Waals surface area contributed by atoms with Crippen LogP contribution in [-0.2, 0) is 15.1 Å². The van der Waals surface area contributed by atoms with E-state index in [9.17, 15) is 0 Å². The van der Waals surface area contributed by atoms with Crippen LogP contribution in [0.2, 0.25) is 0 Å². The second-order valence-electron chi connectivity index (χ2n) is 0.167. The van der Waals surface area contributed by atoms with Crippen molar-refractivity contribution in [2.45, 2.75) is 0 Å². The summed E-state index contributed by atoms with van der Waals surface area (Å²) in [7, 11) is 0. The fraction of sp³-hybridized carbons (Fsp3) is 0. The van der Waals surface area contributed by atoms with Gasteiger partial charge < -0.3 is 0 Å². The topological polar surface area (TPSA) is 68.3 Å². The van der Waals surface area contributed by atoms with Crippen LogP contribution >= 0.6 is 0 Å². The molecule has 0 heterocycles. The molecule has 0 aromatic carbocycles. The molecule has 0 aromatic heterocycles. The van der Waals surface area contributed by atoms with Crippen LogP contribution in [0.1, 0.15) is 0 Å². The van der Waals surface area contributed by atoms with Gasteiger partial charge in [-0.15, -0.1) is 0 Å². The summed E-state index contributed by atoms with van der Waals surface area (Å²) in [6.07, 6.45) is 0. The molecule has 0 aromatic rings. The summed E-state index contributed by atoms with van der Waals surface area (Å²) in [5.41, 5.74) is 0. The maximum atomic E-state index is 8.50. The van der Waals surface area contributed by atoms with Crippen molar-refractivity contribution in [1.82, 2.24) is 0 Å². The van der Waals surface area contributed by atoms with Crippen molar-refractivity contribution in [3.8, 4) is 0 Å². The first kappa shape index (κ1) is 9.56. The second-order valence-corrected chi connectivity index (χ2v) is 0.866. The first-order chi connectivity index (χ1) is 2.83. The summed E-state index contributed by atoms with van der Waals surface area (Å²) in [4.78, 5) is 0. The molecule has 4 nitrogen and oxygen atoms in total. The fourth-order valence-corrected chi connectivity index (χ4v) is 0. The van der Waals surface area contributed by atoms with E-state index in [4.69, 9.17) is 15.1 Å². The predicted molar refractivity (Wildman–Crippen MR) is 14.3 cm³/mol. The summed E-state index contributed by atoms with van der Waals surface area (Å²) >= 11 is -4.00. The zero-order chi connectivity index (χ0) is 5.41. The second kappa shape index (κ2) is 18.6. The van der Waals surface area contributed by atoms with Crippen molar-refractivity contribution in [3.63, 3.8) is 0 Å². The van der Waals surface area contributed by atoms with Crippen LogP contribution in [-0.4, -0.2) is 30.6 Å². The van der Waals surface area contributed by atoms with E-state index in [1.54, 1.807) is 0 Å². The predicted octanol–water partition coefficient (Wildman–Crippen LogP) is -1.24. The molecule has 0 spiro atoms. The van der Waals surface area contributed by atoms with E-state index in [1.165, 1.54) is 0 Å². The van der Waals surface area contributed by atoms with Gasteiger partial charge in [-0.1, -0.05) is 0 Å². The van der Waals surface area contributed by atoms with E-state index < -0.39 is 30.6 Å². The van der Waals surface area contributed by atoms with Crippen LogP contribution in [0.4, 0.5) is 0 Å².